The van der Waals surface area contributed by atoms with Crippen LogP contribution >= 0.6 is 0 Å². The first kappa shape index (κ1) is 13.6. The minimum Gasteiger partial charge on any atom is -0.390 e. The largest absolute Gasteiger partial charge is 0.390 e. The Morgan fingerprint density at radius 3 is 2.95 bits per heavy atom. The van der Waals surface area contributed by atoms with E-state index in [2.05, 4.69) is 5.32 Å². The number of carbonyl (C=O) groups excluding carboxylic acids is 1. The number of hydrogen-bond acceptors (Lipinski definition) is 3. The van der Waals surface area contributed by atoms with Crippen LogP contribution in [0.25, 0.3) is 0 Å². The van der Waals surface area contributed by atoms with Gasteiger partial charge in [-0.2, -0.15) is 0 Å². The molecule has 3 atom stereocenters. The van der Waals surface area contributed by atoms with Crippen LogP contribution in [0.3, 0.4) is 0 Å². The van der Waals surface area contributed by atoms with Crippen LogP contribution in [0.1, 0.15) is 36.9 Å². The van der Waals surface area contributed by atoms with Gasteiger partial charge in [-0.3, -0.25) is 4.79 Å². The lowest BCUT2D eigenvalue weighted by Gasteiger charge is -2.21. The lowest BCUT2D eigenvalue weighted by molar-refractivity contribution is -0.133. The molecule has 2 N–H and O–H groups in total. The molecular formula is C16H21NO3. The molecule has 3 unspecified atom stereocenters. The first-order chi connectivity index (χ1) is 9.65. The highest BCUT2D eigenvalue weighted by Gasteiger charge is 2.33. The number of fused-ring (bicyclic) bond motifs is 1. The number of hydrogen-bond donors (Lipinski definition) is 2. The van der Waals surface area contributed by atoms with Crippen molar-refractivity contribution < 1.29 is 14.6 Å². The molecule has 1 aromatic rings. The van der Waals surface area contributed by atoms with Gasteiger partial charge in [0.15, 0.2) is 0 Å². The van der Waals surface area contributed by atoms with E-state index in [1.54, 1.807) is 6.92 Å². The monoisotopic (exact) mass is 275 g/mol. The van der Waals surface area contributed by atoms with Gasteiger partial charge in [-0.1, -0.05) is 24.3 Å². The number of aliphatic hydroxyl groups excluding tert-OH is 1. The Bertz CT molecular complexity index is 498. The van der Waals surface area contributed by atoms with E-state index < -0.39 is 12.2 Å². The average Bonchev–Trinajstić information content (AvgIpc) is 3.22. The summed E-state index contributed by atoms with van der Waals surface area (Å²) in [6.45, 7) is 2.43. The standard InChI is InChI=1S/C16H21NO3/c1-10(20-9-11-6-7-11)16(19)17-15-13-5-3-2-4-12(13)8-14(15)18/h2-5,10-11,14-15,18H,6-9H2,1H3,(H,17,19). The van der Waals surface area contributed by atoms with Crippen molar-refractivity contribution >= 4 is 5.91 Å². The molecule has 0 radical (unpaired) electrons. The topological polar surface area (TPSA) is 58.6 Å². The molecule has 2 aliphatic carbocycles. The number of ether oxygens (including phenoxy) is 1. The second-order valence-electron chi connectivity index (χ2n) is 5.88. The lowest BCUT2D eigenvalue weighted by Crippen LogP contribution is -2.40. The molecule has 4 nitrogen and oxygen atoms in total. The first-order valence-corrected chi connectivity index (χ1v) is 7.33. The summed E-state index contributed by atoms with van der Waals surface area (Å²) in [5, 5.41) is 13.0. The highest BCUT2D eigenvalue weighted by molar-refractivity contribution is 5.81. The molecule has 0 heterocycles. The molecule has 1 aromatic carbocycles. The summed E-state index contributed by atoms with van der Waals surface area (Å²) in [5.74, 6) is 0.495. The summed E-state index contributed by atoms with van der Waals surface area (Å²) >= 11 is 0. The highest BCUT2D eigenvalue weighted by Crippen LogP contribution is 2.31. The number of nitrogens with one attached hydrogen (secondary N) is 1. The zero-order chi connectivity index (χ0) is 14.1. The van der Waals surface area contributed by atoms with E-state index >= 15 is 0 Å². The fourth-order valence-electron chi connectivity index (χ4n) is 2.66. The highest BCUT2D eigenvalue weighted by atomic mass is 16.5. The molecule has 20 heavy (non-hydrogen) atoms. The molecular weight excluding hydrogens is 254 g/mol. The third kappa shape index (κ3) is 2.86. The van der Waals surface area contributed by atoms with Gasteiger partial charge in [0.05, 0.1) is 18.8 Å². The molecule has 0 saturated heterocycles. The van der Waals surface area contributed by atoms with Crippen molar-refractivity contribution in [3.63, 3.8) is 0 Å². The molecule has 1 amide bonds. The third-order valence-electron chi connectivity index (χ3n) is 4.15. The zero-order valence-corrected chi connectivity index (χ0v) is 11.7. The summed E-state index contributed by atoms with van der Waals surface area (Å²) in [6, 6.07) is 7.54. The second-order valence-corrected chi connectivity index (χ2v) is 5.88. The zero-order valence-electron chi connectivity index (χ0n) is 11.7. The van der Waals surface area contributed by atoms with Crippen molar-refractivity contribution in [3.05, 3.63) is 35.4 Å². The van der Waals surface area contributed by atoms with Crippen LogP contribution in [0.2, 0.25) is 0 Å². The van der Waals surface area contributed by atoms with E-state index in [1.807, 2.05) is 24.3 Å². The summed E-state index contributed by atoms with van der Waals surface area (Å²) in [4.78, 5) is 12.1. The van der Waals surface area contributed by atoms with Crippen LogP contribution in [-0.4, -0.2) is 29.8 Å². The van der Waals surface area contributed by atoms with Gasteiger partial charge in [-0.15, -0.1) is 0 Å². The summed E-state index contributed by atoms with van der Waals surface area (Å²) in [7, 11) is 0. The Morgan fingerprint density at radius 2 is 2.20 bits per heavy atom. The molecule has 4 heteroatoms. The minimum absolute atomic E-state index is 0.147. The summed E-state index contributed by atoms with van der Waals surface area (Å²) < 4.78 is 5.57. The van der Waals surface area contributed by atoms with E-state index in [0.717, 1.165) is 11.1 Å². The molecule has 0 bridgehead atoms. The first-order valence-electron chi connectivity index (χ1n) is 7.33. The van der Waals surface area contributed by atoms with Gasteiger partial charge in [0.1, 0.15) is 6.10 Å². The maximum atomic E-state index is 12.1. The smallest absolute Gasteiger partial charge is 0.249 e. The Hall–Kier alpha value is -1.39. The van der Waals surface area contributed by atoms with Crippen LogP contribution in [0.15, 0.2) is 24.3 Å². The van der Waals surface area contributed by atoms with Gasteiger partial charge in [-0.25, -0.2) is 0 Å². The predicted molar refractivity (Wildman–Crippen MR) is 75.2 cm³/mol. The Balaban J connectivity index is 1.60. The average molecular weight is 275 g/mol. The van der Waals surface area contributed by atoms with Gasteiger partial charge in [-0.05, 0) is 36.8 Å². The Morgan fingerprint density at radius 1 is 1.45 bits per heavy atom. The molecule has 3 rings (SSSR count). The SMILES string of the molecule is CC(OCC1CC1)C(=O)NC1c2ccccc2CC1O. The Kier molecular flexibility index (Phi) is 3.76. The van der Waals surface area contributed by atoms with Gasteiger partial charge >= 0.3 is 0 Å². The van der Waals surface area contributed by atoms with E-state index in [1.165, 1.54) is 12.8 Å². The molecule has 1 saturated carbocycles. The predicted octanol–water partition coefficient (Wildman–Crippen LogP) is 1.58. The van der Waals surface area contributed by atoms with Crippen LogP contribution in [0.4, 0.5) is 0 Å². The van der Waals surface area contributed by atoms with Gasteiger partial charge in [0, 0.05) is 6.42 Å². The minimum atomic E-state index is -0.549. The van der Waals surface area contributed by atoms with Crippen LogP contribution < -0.4 is 5.32 Å². The molecule has 0 aromatic heterocycles. The number of carbonyl (C=O) groups is 1. The van der Waals surface area contributed by atoms with E-state index in [9.17, 15) is 9.90 Å². The Labute approximate surface area is 119 Å². The molecule has 2 aliphatic rings. The van der Waals surface area contributed by atoms with Gasteiger partial charge < -0.3 is 15.2 Å². The maximum absolute atomic E-state index is 12.1. The summed E-state index contributed by atoms with van der Waals surface area (Å²) in [6.07, 6.45) is 2.01. The molecule has 0 spiro atoms. The molecule has 1 fully saturated rings. The third-order valence-corrected chi connectivity index (χ3v) is 4.15. The van der Waals surface area contributed by atoms with E-state index in [0.29, 0.717) is 18.9 Å². The van der Waals surface area contributed by atoms with Crippen molar-refractivity contribution in [1.29, 1.82) is 0 Å². The van der Waals surface area contributed by atoms with Gasteiger partial charge in [0.25, 0.3) is 0 Å². The van der Waals surface area contributed by atoms with Crippen molar-refractivity contribution in [2.24, 2.45) is 5.92 Å². The number of rotatable bonds is 5. The van der Waals surface area contributed by atoms with E-state index in [4.69, 9.17) is 4.74 Å². The van der Waals surface area contributed by atoms with Crippen molar-refractivity contribution in [3.8, 4) is 0 Å². The maximum Gasteiger partial charge on any atom is 0.249 e. The van der Waals surface area contributed by atoms with E-state index in [-0.39, 0.29) is 11.9 Å². The van der Waals surface area contributed by atoms with Crippen LogP contribution in [0, 0.1) is 5.92 Å². The normalized spacial score (nSPS) is 26.1. The fraction of sp³-hybridized carbons (Fsp3) is 0.562. The lowest BCUT2D eigenvalue weighted by atomic mass is 10.1. The fourth-order valence-corrected chi connectivity index (χ4v) is 2.66. The number of aliphatic hydroxyl groups is 1. The van der Waals surface area contributed by atoms with Gasteiger partial charge in [0.2, 0.25) is 5.91 Å². The molecule has 108 valence electrons. The second kappa shape index (κ2) is 5.54. The summed E-state index contributed by atoms with van der Waals surface area (Å²) in [5.41, 5.74) is 2.12. The molecule has 0 aliphatic heterocycles. The van der Waals surface area contributed by atoms with Crippen LogP contribution in [-0.2, 0) is 16.0 Å². The number of benzene rings is 1. The quantitative estimate of drug-likeness (QED) is 0.857. The van der Waals surface area contributed by atoms with Crippen molar-refractivity contribution in [1.82, 2.24) is 5.32 Å². The van der Waals surface area contributed by atoms with Crippen molar-refractivity contribution in [2.75, 3.05) is 6.61 Å². The van der Waals surface area contributed by atoms with Crippen molar-refractivity contribution in [2.45, 2.75) is 44.4 Å². The number of amides is 1. The van der Waals surface area contributed by atoms with Crippen LogP contribution in [0.5, 0.6) is 0 Å².